The molecule has 0 radical (unpaired) electrons. The second-order valence-electron chi connectivity index (χ2n) is 5.33. The maximum Gasteiger partial charge on any atom is 0.159 e. The Bertz CT molecular complexity index is 640. The Morgan fingerprint density at radius 1 is 1.09 bits per heavy atom. The fourth-order valence-electron chi connectivity index (χ4n) is 2.63. The molecule has 3 heterocycles. The SMILES string of the molecule is Nc1c(Nc2cccnc2Cl)ncnc1N1CCCCCC1. The summed E-state index contributed by atoms with van der Waals surface area (Å²) >= 11 is 6.07. The molecule has 116 valence electrons. The van der Waals surface area contributed by atoms with Crippen LogP contribution in [0.1, 0.15) is 25.7 Å². The van der Waals surface area contributed by atoms with E-state index in [0.29, 0.717) is 22.3 Å². The van der Waals surface area contributed by atoms with Crippen LogP contribution in [0.3, 0.4) is 0 Å². The van der Waals surface area contributed by atoms with E-state index in [1.807, 2.05) is 6.07 Å². The van der Waals surface area contributed by atoms with Gasteiger partial charge in [0.25, 0.3) is 0 Å². The Morgan fingerprint density at radius 2 is 1.86 bits per heavy atom. The lowest BCUT2D eigenvalue weighted by atomic mass is 10.2. The van der Waals surface area contributed by atoms with Crippen LogP contribution in [0, 0.1) is 0 Å². The highest BCUT2D eigenvalue weighted by atomic mass is 35.5. The molecule has 0 unspecified atom stereocenters. The molecule has 1 aliphatic rings. The lowest BCUT2D eigenvalue weighted by Crippen LogP contribution is -2.26. The Kier molecular flexibility index (Phi) is 4.58. The summed E-state index contributed by atoms with van der Waals surface area (Å²) < 4.78 is 0. The van der Waals surface area contributed by atoms with Gasteiger partial charge in [-0.1, -0.05) is 24.4 Å². The number of nitrogens with zero attached hydrogens (tertiary/aromatic N) is 4. The number of nitrogens with one attached hydrogen (secondary N) is 1. The molecular weight excluding hydrogens is 300 g/mol. The maximum atomic E-state index is 6.27. The Morgan fingerprint density at radius 3 is 2.59 bits per heavy atom. The predicted octanol–water partition coefficient (Wildman–Crippen LogP) is 3.23. The summed E-state index contributed by atoms with van der Waals surface area (Å²) in [6, 6.07) is 3.64. The third-order valence-corrected chi connectivity index (χ3v) is 4.08. The molecule has 0 bridgehead atoms. The molecule has 0 amide bonds. The van der Waals surface area contributed by atoms with Crippen molar-refractivity contribution in [2.45, 2.75) is 25.7 Å². The number of halogens is 1. The minimum absolute atomic E-state index is 0.386. The fraction of sp³-hybridized carbons (Fsp3) is 0.400. The number of hydrogen-bond acceptors (Lipinski definition) is 6. The molecule has 0 spiro atoms. The molecule has 22 heavy (non-hydrogen) atoms. The quantitative estimate of drug-likeness (QED) is 0.846. The van der Waals surface area contributed by atoms with E-state index in [-0.39, 0.29) is 0 Å². The van der Waals surface area contributed by atoms with Crippen LogP contribution in [-0.4, -0.2) is 28.0 Å². The van der Waals surface area contributed by atoms with Gasteiger partial charge in [-0.2, -0.15) is 0 Å². The number of nitrogens with two attached hydrogens (primary N) is 1. The van der Waals surface area contributed by atoms with E-state index < -0.39 is 0 Å². The van der Waals surface area contributed by atoms with Gasteiger partial charge in [0.05, 0.1) is 5.69 Å². The third kappa shape index (κ3) is 3.22. The van der Waals surface area contributed by atoms with Crippen LogP contribution in [0.2, 0.25) is 5.15 Å². The van der Waals surface area contributed by atoms with Crippen molar-refractivity contribution in [3.05, 3.63) is 29.8 Å². The monoisotopic (exact) mass is 318 g/mol. The van der Waals surface area contributed by atoms with Gasteiger partial charge >= 0.3 is 0 Å². The highest BCUT2D eigenvalue weighted by Crippen LogP contribution is 2.31. The van der Waals surface area contributed by atoms with Crippen molar-refractivity contribution in [3.63, 3.8) is 0 Å². The van der Waals surface area contributed by atoms with Gasteiger partial charge in [-0.3, -0.25) is 0 Å². The molecule has 3 N–H and O–H groups in total. The molecule has 1 saturated heterocycles. The van der Waals surface area contributed by atoms with Crippen molar-refractivity contribution in [2.75, 3.05) is 29.0 Å². The maximum absolute atomic E-state index is 6.27. The van der Waals surface area contributed by atoms with Gasteiger partial charge in [0.15, 0.2) is 16.8 Å². The average Bonchev–Trinajstić information content (AvgIpc) is 2.80. The molecule has 0 saturated carbocycles. The van der Waals surface area contributed by atoms with Crippen LogP contribution in [0.15, 0.2) is 24.7 Å². The summed E-state index contributed by atoms with van der Waals surface area (Å²) in [4.78, 5) is 14.9. The first-order chi connectivity index (χ1) is 10.8. The minimum atomic E-state index is 0.386. The van der Waals surface area contributed by atoms with E-state index in [1.54, 1.807) is 12.3 Å². The summed E-state index contributed by atoms with van der Waals surface area (Å²) in [6.45, 7) is 1.96. The Labute approximate surface area is 134 Å². The molecular formula is C15H19ClN6. The zero-order chi connectivity index (χ0) is 15.4. The van der Waals surface area contributed by atoms with Crippen molar-refractivity contribution in [1.29, 1.82) is 0 Å². The molecule has 2 aromatic heterocycles. The fourth-order valence-corrected chi connectivity index (χ4v) is 2.79. The number of anilines is 4. The van der Waals surface area contributed by atoms with Crippen LogP contribution >= 0.6 is 11.6 Å². The molecule has 1 aliphatic heterocycles. The lowest BCUT2D eigenvalue weighted by molar-refractivity contribution is 0.726. The number of pyridine rings is 1. The smallest absolute Gasteiger partial charge is 0.159 e. The molecule has 3 rings (SSSR count). The van der Waals surface area contributed by atoms with Gasteiger partial charge in [-0.15, -0.1) is 0 Å². The zero-order valence-electron chi connectivity index (χ0n) is 12.3. The normalized spacial score (nSPS) is 15.4. The summed E-state index contributed by atoms with van der Waals surface area (Å²) in [6.07, 6.45) is 8.03. The van der Waals surface area contributed by atoms with Crippen molar-refractivity contribution in [3.8, 4) is 0 Å². The molecule has 2 aromatic rings. The van der Waals surface area contributed by atoms with E-state index in [4.69, 9.17) is 17.3 Å². The lowest BCUT2D eigenvalue weighted by Gasteiger charge is -2.23. The topological polar surface area (TPSA) is 80.0 Å². The molecule has 1 fully saturated rings. The summed E-state index contributed by atoms with van der Waals surface area (Å²) in [7, 11) is 0. The van der Waals surface area contributed by atoms with Gasteiger partial charge in [0.1, 0.15) is 12.0 Å². The van der Waals surface area contributed by atoms with Crippen molar-refractivity contribution < 1.29 is 0 Å². The Hall–Kier alpha value is -2.08. The van der Waals surface area contributed by atoms with Gasteiger partial charge in [0, 0.05) is 19.3 Å². The zero-order valence-corrected chi connectivity index (χ0v) is 13.1. The largest absolute Gasteiger partial charge is 0.393 e. The van der Waals surface area contributed by atoms with Crippen molar-refractivity contribution in [1.82, 2.24) is 15.0 Å². The van der Waals surface area contributed by atoms with E-state index in [9.17, 15) is 0 Å². The molecule has 7 heteroatoms. The average molecular weight is 319 g/mol. The minimum Gasteiger partial charge on any atom is -0.393 e. The standard InChI is InChI=1S/C15H19ClN6/c16-13-11(6-5-7-18-13)21-14-12(17)15(20-10-19-14)22-8-3-1-2-4-9-22/h5-7,10H,1-4,8-9,17H2,(H,19,20,21). The number of rotatable bonds is 3. The van der Waals surface area contributed by atoms with E-state index in [2.05, 4.69) is 25.2 Å². The summed E-state index contributed by atoms with van der Waals surface area (Å²) in [5.41, 5.74) is 7.49. The molecule has 0 aromatic carbocycles. The van der Waals surface area contributed by atoms with E-state index in [0.717, 1.165) is 18.9 Å². The van der Waals surface area contributed by atoms with Gasteiger partial charge in [0.2, 0.25) is 0 Å². The predicted molar refractivity (Wildman–Crippen MR) is 89.7 cm³/mol. The second kappa shape index (κ2) is 6.79. The molecule has 6 nitrogen and oxygen atoms in total. The first-order valence-corrected chi connectivity index (χ1v) is 7.86. The van der Waals surface area contributed by atoms with Gasteiger partial charge in [-0.25, -0.2) is 15.0 Å². The van der Waals surface area contributed by atoms with Crippen LogP contribution < -0.4 is 16.0 Å². The van der Waals surface area contributed by atoms with Gasteiger partial charge < -0.3 is 16.0 Å². The highest BCUT2D eigenvalue weighted by molar-refractivity contribution is 6.32. The van der Waals surface area contributed by atoms with Crippen molar-refractivity contribution in [2.24, 2.45) is 0 Å². The molecule has 0 aliphatic carbocycles. The number of nitrogen functional groups attached to an aromatic ring is 1. The summed E-state index contributed by atoms with van der Waals surface area (Å²) in [5, 5.41) is 3.52. The Balaban J connectivity index is 1.87. The third-order valence-electron chi connectivity index (χ3n) is 3.78. The molecule has 0 atom stereocenters. The van der Waals surface area contributed by atoms with Crippen molar-refractivity contribution >= 4 is 34.6 Å². The summed E-state index contributed by atoms with van der Waals surface area (Å²) in [5.74, 6) is 1.35. The first kappa shape index (κ1) is 14.8. The van der Waals surface area contributed by atoms with E-state index >= 15 is 0 Å². The van der Waals surface area contributed by atoms with Crippen LogP contribution in [0.5, 0.6) is 0 Å². The first-order valence-electron chi connectivity index (χ1n) is 7.48. The second-order valence-corrected chi connectivity index (χ2v) is 5.69. The number of aromatic nitrogens is 3. The number of hydrogen-bond donors (Lipinski definition) is 2. The van der Waals surface area contributed by atoms with Crippen LogP contribution in [0.25, 0.3) is 0 Å². The van der Waals surface area contributed by atoms with Crippen LogP contribution in [0.4, 0.5) is 23.0 Å². The highest BCUT2D eigenvalue weighted by Gasteiger charge is 2.17. The van der Waals surface area contributed by atoms with Gasteiger partial charge in [-0.05, 0) is 25.0 Å². The van der Waals surface area contributed by atoms with E-state index in [1.165, 1.54) is 32.0 Å². The van der Waals surface area contributed by atoms with Crippen LogP contribution in [-0.2, 0) is 0 Å².